The zero-order chi connectivity index (χ0) is 31.1. The summed E-state index contributed by atoms with van der Waals surface area (Å²) < 4.78 is 12.2. The van der Waals surface area contributed by atoms with Gasteiger partial charge in [0.2, 0.25) is 0 Å². The molecule has 1 unspecified atom stereocenters. The molecule has 0 aromatic heterocycles. The van der Waals surface area contributed by atoms with E-state index in [1.807, 2.05) is 0 Å². The monoisotopic (exact) mass is 598 g/mol. The molecule has 2 nitrogen and oxygen atoms in total. The van der Waals surface area contributed by atoms with Crippen molar-refractivity contribution in [3.8, 4) is 28.0 Å². The van der Waals surface area contributed by atoms with E-state index in [1.165, 1.54) is 131 Å². The minimum absolute atomic E-state index is 0.121. The maximum Gasteiger partial charge on any atom is 0.119 e. The minimum atomic E-state index is 0.121. The second-order valence-corrected chi connectivity index (χ2v) is 12.7. The topological polar surface area (TPSA) is 18.5 Å². The van der Waals surface area contributed by atoms with Crippen molar-refractivity contribution in [2.75, 3.05) is 13.2 Å². The molecule has 3 rings (SSSR count). The van der Waals surface area contributed by atoms with Crippen LogP contribution >= 0.6 is 0 Å². The molecule has 0 bridgehead atoms. The van der Waals surface area contributed by atoms with Gasteiger partial charge < -0.3 is 9.47 Å². The number of hydrogen-bond donors (Lipinski definition) is 0. The summed E-state index contributed by atoms with van der Waals surface area (Å²) in [6, 6.07) is 26.3. The lowest BCUT2D eigenvalue weighted by Crippen LogP contribution is -2.02. The van der Waals surface area contributed by atoms with E-state index in [4.69, 9.17) is 9.47 Å². The Kier molecular flexibility index (Phi) is 18.6. The molecule has 2 heteroatoms. The Labute approximate surface area is 271 Å². The van der Waals surface area contributed by atoms with Crippen LogP contribution in [0, 0.1) is 0 Å². The van der Waals surface area contributed by atoms with Gasteiger partial charge in [-0.15, -0.1) is 0 Å². The Balaban J connectivity index is 1.39. The minimum Gasteiger partial charge on any atom is -0.494 e. The maximum atomic E-state index is 6.21. The second-order valence-electron chi connectivity index (χ2n) is 12.7. The Bertz CT molecular complexity index is 1100. The van der Waals surface area contributed by atoms with Crippen molar-refractivity contribution in [3.05, 3.63) is 78.4 Å². The van der Waals surface area contributed by atoms with Gasteiger partial charge in [0.25, 0.3) is 0 Å². The first-order valence-corrected chi connectivity index (χ1v) is 18.3. The molecule has 0 saturated carbocycles. The Hall–Kier alpha value is -2.58. The summed E-state index contributed by atoms with van der Waals surface area (Å²) >= 11 is 0. The summed E-state index contributed by atoms with van der Waals surface area (Å²) in [6.07, 6.45) is 24.2. The Morgan fingerprint density at radius 3 is 1.34 bits per heavy atom. The van der Waals surface area contributed by atoms with E-state index in [2.05, 4.69) is 93.6 Å². The smallest absolute Gasteiger partial charge is 0.119 e. The lowest BCUT2D eigenvalue weighted by molar-refractivity contribution is 0.0627. The molecule has 44 heavy (non-hydrogen) atoms. The average Bonchev–Trinajstić information content (AvgIpc) is 3.07. The molecule has 242 valence electrons. The number of unbranched alkanes of at least 4 members (excludes halogenated alkanes) is 16. The highest BCUT2D eigenvalue weighted by Gasteiger charge is 2.10. The molecule has 0 N–H and O–H groups in total. The second kappa shape index (κ2) is 22.9. The number of ether oxygens (including phenoxy) is 2. The van der Waals surface area contributed by atoms with Crippen molar-refractivity contribution < 1.29 is 9.47 Å². The fourth-order valence-electron chi connectivity index (χ4n) is 6.02. The number of rotatable bonds is 25. The normalized spacial score (nSPS) is 12.0. The van der Waals surface area contributed by atoms with E-state index in [0.29, 0.717) is 0 Å². The third kappa shape index (κ3) is 14.0. The highest BCUT2D eigenvalue weighted by atomic mass is 16.5. The molecule has 0 aliphatic rings. The Morgan fingerprint density at radius 1 is 0.455 bits per heavy atom. The lowest BCUT2D eigenvalue weighted by Gasteiger charge is -2.15. The summed E-state index contributed by atoms with van der Waals surface area (Å²) in [6.45, 7) is 8.39. The van der Waals surface area contributed by atoms with Crippen LogP contribution in [0.4, 0.5) is 0 Å². The van der Waals surface area contributed by atoms with Gasteiger partial charge in [-0.1, -0.05) is 177 Å². The molecule has 0 aliphatic carbocycles. The van der Waals surface area contributed by atoms with Crippen molar-refractivity contribution in [1.29, 1.82) is 0 Å². The van der Waals surface area contributed by atoms with E-state index in [0.717, 1.165) is 31.8 Å². The van der Waals surface area contributed by atoms with Crippen molar-refractivity contribution >= 4 is 0 Å². The standard InChI is InChI=1S/C42H62O2/c1-4-6-8-10-12-13-14-15-17-18-22-34-43-36(3)37-26-28-38(29-27-37)41-24-20-21-25-42(41)39-30-32-40(33-31-39)44-35-23-19-16-11-9-7-5-2/h20-21,24-33,36H,4-19,22-23,34-35H2,1-3H3. The third-order valence-electron chi connectivity index (χ3n) is 8.92. The summed E-state index contributed by atoms with van der Waals surface area (Å²) in [5.41, 5.74) is 6.21. The van der Waals surface area contributed by atoms with E-state index in [-0.39, 0.29) is 6.10 Å². The molecule has 3 aromatic carbocycles. The largest absolute Gasteiger partial charge is 0.494 e. The van der Waals surface area contributed by atoms with Crippen LogP contribution in [-0.4, -0.2) is 13.2 Å². The summed E-state index contributed by atoms with van der Waals surface area (Å²) in [7, 11) is 0. The van der Waals surface area contributed by atoms with Gasteiger partial charge in [-0.25, -0.2) is 0 Å². The van der Waals surface area contributed by atoms with Crippen LogP contribution in [0.15, 0.2) is 72.8 Å². The molecule has 1 atom stereocenters. The van der Waals surface area contributed by atoms with E-state index >= 15 is 0 Å². The molecule has 0 heterocycles. The van der Waals surface area contributed by atoms with Crippen molar-refractivity contribution in [3.63, 3.8) is 0 Å². The average molecular weight is 599 g/mol. The van der Waals surface area contributed by atoms with Gasteiger partial charge in [-0.2, -0.15) is 0 Å². The van der Waals surface area contributed by atoms with Crippen molar-refractivity contribution in [1.82, 2.24) is 0 Å². The maximum absolute atomic E-state index is 6.21. The fraction of sp³-hybridized carbons (Fsp3) is 0.571. The lowest BCUT2D eigenvalue weighted by atomic mass is 9.94. The molecular formula is C42H62O2. The van der Waals surface area contributed by atoms with Crippen LogP contribution < -0.4 is 4.74 Å². The zero-order valence-electron chi connectivity index (χ0n) is 28.5. The Morgan fingerprint density at radius 2 is 0.864 bits per heavy atom. The summed E-state index contributed by atoms with van der Waals surface area (Å²) in [4.78, 5) is 0. The van der Waals surface area contributed by atoms with Gasteiger partial charge in [0.1, 0.15) is 5.75 Å². The van der Waals surface area contributed by atoms with Crippen molar-refractivity contribution in [2.45, 2.75) is 142 Å². The SMILES string of the molecule is CCCCCCCCCCCCCOC(C)c1ccc(-c2ccccc2-c2ccc(OCCCCCCCCC)cc2)cc1. The fourth-order valence-corrected chi connectivity index (χ4v) is 6.02. The molecule has 0 fully saturated rings. The highest BCUT2D eigenvalue weighted by Crippen LogP contribution is 2.33. The molecule has 0 saturated heterocycles. The van der Waals surface area contributed by atoms with Gasteiger partial charge in [0.15, 0.2) is 0 Å². The quantitative estimate of drug-likeness (QED) is 0.0903. The van der Waals surface area contributed by atoms with Crippen LogP contribution in [0.3, 0.4) is 0 Å². The van der Waals surface area contributed by atoms with Crippen LogP contribution in [0.1, 0.15) is 148 Å². The van der Waals surface area contributed by atoms with E-state index in [1.54, 1.807) is 0 Å². The van der Waals surface area contributed by atoms with Crippen LogP contribution in [-0.2, 0) is 4.74 Å². The first-order valence-electron chi connectivity index (χ1n) is 18.3. The van der Waals surface area contributed by atoms with Gasteiger partial charge >= 0.3 is 0 Å². The summed E-state index contributed by atoms with van der Waals surface area (Å²) in [5, 5.41) is 0. The first-order chi connectivity index (χ1) is 21.7. The van der Waals surface area contributed by atoms with Gasteiger partial charge in [0.05, 0.1) is 12.7 Å². The zero-order valence-corrected chi connectivity index (χ0v) is 28.5. The molecule has 0 amide bonds. The van der Waals surface area contributed by atoms with E-state index in [9.17, 15) is 0 Å². The molecule has 0 radical (unpaired) electrons. The van der Waals surface area contributed by atoms with Gasteiger partial charge in [0, 0.05) is 6.61 Å². The van der Waals surface area contributed by atoms with Crippen LogP contribution in [0.2, 0.25) is 0 Å². The molecule has 0 spiro atoms. The van der Waals surface area contributed by atoms with Crippen molar-refractivity contribution in [2.24, 2.45) is 0 Å². The molecule has 0 aliphatic heterocycles. The third-order valence-corrected chi connectivity index (χ3v) is 8.92. The molecular weight excluding hydrogens is 536 g/mol. The van der Waals surface area contributed by atoms with Gasteiger partial charge in [-0.3, -0.25) is 0 Å². The predicted molar refractivity (Wildman–Crippen MR) is 192 cm³/mol. The molecule has 3 aromatic rings. The highest BCUT2D eigenvalue weighted by molar-refractivity contribution is 5.83. The predicted octanol–water partition coefficient (Wildman–Crippen LogP) is 13.5. The van der Waals surface area contributed by atoms with Crippen LogP contribution in [0.5, 0.6) is 5.75 Å². The first kappa shape index (κ1) is 35.9. The van der Waals surface area contributed by atoms with E-state index < -0.39 is 0 Å². The number of benzene rings is 3. The summed E-state index contributed by atoms with van der Waals surface area (Å²) in [5.74, 6) is 0.962. The van der Waals surface area contributed by atoms with Gasteiger partial charge in [-0.05, 0) is 59.7 Å². The van der Waals surface area contributed by atoms with Crippen LogP contribution in [0.25, 0.3) is 22.3 Å². The number of hydrogen-bond acceptors (Lipinski definition) is 2.